The highest BCUT2D eigenvalue weighted by Gasteiger charge is 2.19. The molecule has 0 aliphatic rings. The predicted molar refractivity (Wildman–Crippen MR) is 84.2 cm³/mol. The smallest absolute Gasteiger partial charge is 0.307 e. The van der Waals surface area contributed by atoms with Crippen molar-refractivity contribution < 1.29 is 14.7 Å². The van der Waals surface area contributed by atoms with Crippen LogP contribution in [0.2, 0.25) is 0 Å². The second-order valence-corrected chi connectivity index (χ2v) is 7.07. The maximum atomic E-state index is 11.9. The normalized spacial score (nSPS) is 14.0. The fraction of sp³-hybridized carbons (Fsp3) is 0.571. The van der Waals surface area contributed by atoms with Gasteiger partial charge in [-0.3, -0.25) is 9.59 Å². The van der Waals surface area contributed by atoms with Crippen molar-refractivity contribution in [3.05, 3.63) is 22.4 Å². The molecule has 0 spiro atoms. The van der Waals surface area contributed by atoms with Crippen molar-refractivity contribution in [1.82, 2.24) is 5.32 Å². The molecule has 1 aromatic rings. The highest BCUT2D eigenvalue weighted by Crippen LogP contribution is 2.25. The van der Waals surface area contributed by atoms with Gasteiger partial charge in [0, 0.05) is 10.6 Å². The summed E-state index contributed by atoms with van der Waals surface area (Å²) in [5.74, 6) is -0.219. The Morgan fingerprint density at radius 2 is 2.10 bits per heavy atom. The number of carbonyl (C=O) groups is 2. The van der Waals surface area contributed by atoms with E-state index in [-0.39, 0.29) is 11.9 Å². The highest BCUT2D eigenvalue weighted by atomic mass is 32.2. The van der Waals surface area contributed by atoms with E-state index in [0.717, 1.165) is 4.88 Å². The van der Waals surface area contributed by atoms with E-state index in [9.17, 15) is 9.59 Å². The van der Waals surface area contributed by atoms with E-state index in [1.807, 2.05) is 17.5 Å². The summed E-state index contributed by atoms with van der Waals surface area (Å²) in [6.45, 7) is 5.80. The molecule has 1 heterocycles. The second-order valence-electron chi connectivity index (χ2n) is 5.06. The minimum Gasteiger partial charge on any atom is -0.481 e. The van der Waals surface area contributed by atoms with E-state index >= 15 is 0 Å². The van der Waals surface area contributed by atoms with Crippen molar-refractivity contribution in [3.8, 4) is 0 Å². The highest BCUT2D eigenvalue weighted by molar-refractivity contribution is 7.99. The lowest BCUT2D eigenvalue weighted by molar-refractivity contribution is -0.140. The Kier molecular flexibility index (Phi) is 7.09. The quantitative estimate of drug-likeness (QED) is 0.774. The Labute approximate surface area is 128 Å². The number of hydrogen-bond acceptors (Lipinski definition) is 4. The van der Waals surface area contributed by atoms with Gasteiger partial charge in [0.2, 0.25) is 5.91 Å². The number of rotatable bonds is 8. The minimum atomic E-state index is -0.823. The summed E-state index contributed by atoms with van der Waals surface area (Å²) in [5, 5.41) is 13.8. The molecule has 112 valence electrons. The molecule has 2 unspecified atom stereocenters. The van der Waals surface area contributed by atoms with Gasteiger partial charge in [0.15, 0.2) is 0 Å². The van der Waals surface area contributed by atoms with E-state index in [1.165, 1.54) is 11.8 Å². The number of carbonyl (C=O) groups excluding carboxylic acids is 1. The van der Waals surface area contributed by atoms with Gasteiger partial charge in [-0.1, -0.05) is 26.8 Å². The number of thioether (sulfide) groups is 1. The average molecular weight is 315 g/mol. The topological polar surface area (TPSA) is 66.4 Å². The minimum absolute atomic E-state index is 0.0278. The first kappa shape index (κ1) is 17.0. The lowest BCUT2D eigenvalue weighted by atomic mass is 10.0. The number of amides is 1. The summed E-state index contributed by atoms with van der Waals surface area (Å²) in [7, 11) is 0. The summed E-state index contributed by atoms with van der Waals surface area (Å²) in [4.78, 5) is 23.8. The van der Waals surface area contributed by atoms with Crippen LogP contribution in [0.5, 0.6) is 0 Å². The third-order valence-electron chi connectivity index (χ3n) is 2.86. The third-order valence-corrected chi connectivity index (χ3v) is 5.01. The summed E-state index contributed by atoms with van der Waals surface area (Å²) in [5.41, 5.74) is 0. The molecular weight excluding hydrogens is 294 g/mol. The Bertz CT molecular complexity index is 432. The number of thiophene rings is 1. The zero-order valence-corrected chi connectivity index (χ0v) is 13.6. The van der Waals surface area contributed by atoms with Crippen LogP contribution in [0.1, 0.15) is 31.7 Å². The van der Waals surface area contributed by atoms with Crippen LogP contribution < -0.4 is 5.32 Å². The summed E-state index contributed by atoms with van der Waals surface area (Å²) >= 11 is 2.99. The molecule has 0 aliphatic heterocycles. The molecule has 6 heteroatoms. The van der Waals surface area contributed by atoms with E-state index < -0.39 is 11.9 Å². The van der Waals surface area contributed by atoms with Crippen molar-refractivity contribution in [2.45, 2.75) is 26.8 Å². The van der Waals surface area contributed by atoms with E-state index in [0.29, 0.717) is 17.4 Å². The third kappa shape index (κ3) is 5.54. The van der Waals surface area contributed by atoms with Crippen molar-refractivity contribution in [2.24, 2.45) is 11.8 Å². The molecular formula is C14H21NO3S2. The van der Waals surface area contributed by atoms with E-state index in [4.69, 9.17) is 5.11 Å². The lowest BCUT2D eigenvalue weighted by Gasteiger charge is -2.21. The first-order valence-corrected chi connectivity index (χ1v) is 8.58. The number of nitrogens with one attached hydrogen (secondary N) is 1. The molecule has 1 rings (SSSR count). The van der Waals surface area contributed by atoms with Crippen LogP contribution in [-0.2, 0) is 9.59 Å². The molecule has 2 atom stereocenters. The SMILES string of the molecule is CC(CSCC(=O)NC(c1cccs1)C(C)C)C(=O)O. The predicted octanol–water partition coefficient (Wildman–Crippen LogP) is 3.02. The zero-order chi connectivity index (χ0) is 15.1. The van der Waals surface area contributed by atoms with Gasteiger partial charge >= 0.3 is 5.97 Å². The largest absolute Gasteiger partial charge is 0.481 e. The number of aliphatic carboxylic acids is 1. The maximum absolute atomic E-state index is 11.9. The van der Waals surface area contributed by atoms with Crippen LogP contribution in [0, 0.1) is 11.8 Å². The number of carboxylic acid groups (broad SMARTS) is 1. The first-order valence-electron chi connectivity index (χ1n) is 6.55. The molecule has 1 aromatic heterocycles. The fourth-order valence-electron chi connectivity index (χ4n) is 1.65. The van der Waals surface area contributed by atoms with Gasteiger partial charge in [-0.15, -0.1) is 11.3 Å². The molecule has 0 radical (unpaired) electrons. The summed E-state index contributed by atoms with van der Waals surface area (Å²) < 4.78 is 0. The fourth-order valence-corrected chi connectivity index (χ4v) is 3.48. The van der Waals surface area contributed by atoms with Crippen LogP contribution in [0.4, 0.5) is 0 Å². The Hall–Kier alpha value is -1.01. The standard InChI is InChI=1S/C14H21NO3S2/c1-9(2)13(11-5-4-6-20-11)15-12(16)8-19-7-10(3)14(17)18/h4-6,9-10,13H,7-8H2,1-3H3,(H,15,16)(H,17,18). The van der Waals surface area contributed by atoms with Gasteiger partial charge in [-0.05, 0) is 17.4 Å². The van der Waals surface area contributed by atoms with Crippen LogP contribution in [0.25, 0.3) is 0 Å². The van der Waals surface area contributed by atoms with Crippen LogP contribution >= 0.6 is 23.1 Å². The Morgan fingerprint density at radius 3 is 2.60 bits per heavy atom. The Morgan fingerprint density at radius 1 is 1.40 bits per heavy atom. The number of hydrogen-bond donors (Lipinski definition) is 2. The van der Waals surface area contributed by atoms with Crippen LogP contribution in [0.3, 0.4) is 0 Å². The molecule has 4 nitrogen and oxygen atoms in total. The van der Waals surface area contributed by atoms with Gasteiger partial charge in [0.05, 0.1) is 17.7 Å². The summed E-state index contributed by atoms with van der Waals surface area (Å²) in [6, 6.07) is 4.03. The first-order chi connectivity index (χ1) is 9.41. The molecule has 0 aliphatic carbocycles. The maximum Gasteiger partial charge on any atom is 0.307 e. The van der Waals surface area contributed by atoms with Crippen molar-refractivity contribution >= 4 is 35.0 Å². The van der Waals surface area contributed by atoms with Gasteiger partial charge in [0.1, 0.15) is 0 Å². The monoisotopic (exact) mass is 315 g/mol. The van der Waals surface area contributed by atoms with Gasteiger partial charge in [0.25, 0.3) is 0 Å². The molecule has 0 aromatic carbocycles. The van der Waals surface area contributed by atoms with Gasteiger partial charge < -0.3 is 10.4 Å². The molecule has 0 bridgehead atoms. The lowest BCUT2D eigenvalue weighted by Crippen LogP contribution is -2.32. The second kappa shape index (κ2) is 8.32. The van der Waals surface area contributed by atoms with Gasteiger partial charge in [-0.25, -0.2) is 0 Å². The van der Waals surface area contributed by atoms with Crippen molar-refractivity contribution in [2.75, 3.05) is 11.5 Å². The van der Waals surface area contributed by atoms with Crippen molar-refractivity contribution in [1.29, 1.82) is 0 Å². The molecule has 0 fully saturated rings. The van der Waals surface area contributed by atoms with Crippen molar-refractivity contribution in [3.63, 3.8) is 0 Å². The molecule has 0 saturated heterocycles. The van der Waals surface area contributed by atoms with E-state index in [1.54, 1.807) is 18.3 Å². The van der Waals surface area contributed by atoms with Gasteiger partial charge in [-0.2, -0.15) is 11.8 Å². The number of carboxylic acids is 1. The van der Waals surface area contributed by atoms with Crippen LogP contribution in [0.15, 0.2) is 17.5 Å². The summed E-state index contributed by atoms with van der Waals surface area (Å²) in [6.07, 6.45) is 0. The molecule has 1 amide bonds. The van der Waals surface area contributed by atoms with E-state index in [2.05, 4.69) is 19.2 Å². The molecule has 20 heavy (non-hydrogen) atoms. The van der Waals surface area contributed by atoms with Crippen LogP contribution in [-0.4, -0.2) is 28.5 Å². The molecule has 2 N–H and O–H groups in total. The average Bonchev–Trinajstić information content (AvgIpc) is 2.88. The Balaban J connectivity index is 2.42. The zero-order valence-electron chi connectivity index (χ0n) is 12.0. The molecule has 0 saturated carbocycles.